The van der Waals surface area contributed by atoms with Crippen molar-refractivity contribution in [2.75, 3.05) is 6.61 Å². The molecule has 0 aromatic heterocycles. The molecule has 1 aliphatic heterocycles. The second kappa shape index (κ2) is 14.1. The largest absolute Gasteiger partial charge is 0.374 e. The third kappa shape index (κ3) is 7.72. The van der Waals surface area contributed by atoms with Gasteiger partial charge in [-0.05, 0) is 22.3 Å². The quantitative estimate of drug-likeness (QED) is 0.188. The predicted molar refractivity (Wildman–Crippen MR) is 151 cm³/mol. The summed E-state index contributed by atoms with van der Waals surface area (Å²) in [6.07, 6.45) is -1.60. The highest BCUT2D eigenvalue weighted by molar-refractivity contribution is 5.84. The zero-order chi connectivity index (χ0) is 27.5. The first-order valence-corrected chi connectivity index (χ1v) is 13.5. The SMILES string of the molecule is O=C1CC(OCc2ccccc2)C(OCc2ccccc2)(OCc2ccccc2)OC1COCc1ccccc1. The van der Waals surface area contributed by atoms with Crippen LogP contribution in [-0.2, 0) is 54.9 Å². The van der Waals surface area contributed by atoms with E-state index in [1.807, 2.05) is 121 Å². The van der Waals surface area contributed by atoms with E-state index in [0.29, 0.717) is 6.61 Å². The van der Waals surface area contributed by atoms with Crippen molar-refractivity contribution in [2.45, 2.75) is 51.0 Å². The summed E-state index contributed by atoms with van der Waals surface area (Å²) in [5.74, 6) is -1.75. The summed E-state index contributed by atoms with van der Waals surface area (Å²) < 4.78 is 31.5. The Balaban J connectivity index is 1.38. The monoisotopic (exact) mass is 538 g/mol. The molecule has 2 atom stereocenters. The Morgan fingerprint density at radius 1 is 0.600 bits per heavy atom. The number of Topliss-reactive ketones (excluding diaryl/α,β-unsaturated/α-hetero) is 1. The fourth-order valence-corrected chi connectivity index (χ4v) is 4.51. The average molecular weight is 539 g/mol. The molecule has 1 saturated heterocycles. The maximum Gasteiger partial charge on any atom is 0.312 e. The Morgan fingerprint density at radius 2 is 1.02 bits per heavy atom. The van der Waals surface area contributed by atoms with Crippen molar-refractivity contribution in [1.82, 2.24) is 0 Å². The number of hydrogen-bond acceptors (Lipinski definition) is 6. The third-order valence-corrected chi connectivity index (χ3v) is 6.69. The first-order valence-electron chi connectivity index (χ1n) is 13.5. The number of ether oxygens (including phenoxy) is 5. The minimum absolute atomic E-state index is 0.0653. The van der Waals surface area contributed by atoms with Crippen LogP contribution in [0.4, 0.5) is 0 Å². The van der Waals surface area contributed by atoms with Gasteiger partial charge in [-0.25, -0.2) is 0 Å². The predicted octanol–water partition coefficient (Wildman–Crippen LogP) is 6.23. The second-order valence-electron chi connectivity index (χ2n) is 9.72. The van der Waals surface area contributed by atoms with Gasteiger partial charge in [0.2, 0.25) is 0 Å². The van der Waals surface area contributed by atoms with Crippen molar-refractivity contribution >= 4 is 5.78 Å². The molecule has 0 bridgehead atoms. The van der Waals surface area contributed by atoms with Crippen molar-refractivity contribution in [3.63, 3.8) is 0 Å². The maximum atomic E-state index is 13.3. The summed E-state index contributed by atoms with van der Waals surface area (Å²) >= 11 is 0. The van der Waals surface area contributed by atoms with E-state index in [0.717, 1.165) is 22.3 Å². The van der Waals surface area contributed by atoms with Crippen LogP contribution in [-0.4, -0.2) is 30.6 Å². The van der Waals surface area contributed by atoms with Crippen LogP contribution in [0.2, 0.25) is 0 Å². The first kappa shape index (κ1) is 27.9. The van der Waals surface area contributed by atoms with E-state index in [1.165, 1.54) is 0 Å². The van der Waals surface area contributed by atoms with Crippen LogP contribution in [0.3, 0.4) is 0 Å². The minimum Gasteiger partial charge on any atom is -0.374 e. The fraction of sp³-hybridized carbons (Fsp3) is 0.265. The molecule has 6 nitrogen and oxygen atoms in total. The highest BCUT2D eigenvalue weighted by Gasteiger charge is 2.52. The van der Waals surface area contributed by atoms with Gasteiger partial charge < -0.3 is 23.7 Å². The number of hydrogen-bond donors (Lipinski definition) is 0. The summed E-state index contributed by atoms with van der Waals surface area (Å²) in [4.78, 5) is 13.3. The van der Waals surface area contributed by atoms with Gasteiger partial charge in [-0.1, -0.05) is 121 Å². The fourth-order valence-electron chi connectivity index (χ4n) is 4.51. The highest BCUT2D eigenvalue weighted by atomic mass is 16.9. The van der Waals surface area contributed by atoms with E-state index in [4.69, 9.17) is 23.7 Å². The van der Waals surface area contributed by atoms with Gasteiger partial charge in [-0.15, -0.1) is 0 Å². The van der Waals surface area contributed by atoms with Crippen LogP contribution >= 0.6 is 0 Å². The molecule has 4 aromatic carbocycles. The Kier molecular flexibility index (Phi) is 9.85. The van der Waals surface area contributed by atoms with E-state index in [9.17, 15) is 4.79 Å². The van der Waals surface area contributed by atoms with Gasteiger partial charge in [0.1, 0.15) is 12.2 Å². The van der Waals surface area contributed by atoms with Gasteiger partial charge in [0.15, 0.2) is 5.78 Å². The number of benzene rings is 4. The summed E-state index contributed by atoms with van der Waals surface area (Å²) in [6, 6.07) is 39.2. The molecular weight excluding hydrogens is 504 g/mol. The molecule has 0 N–H and O–H groups in total. The molecule has 0 radical (unpaired) electrons. The van der Waals surface area contributed by atoms with Gasteiger partial charge in [-0.2, -0.15) is 0 Å². The lowest BCUT2D eigenvalue weighted by Gasteiger charge is -2.44. The molecule has 1 fully saturated rings. The lowest BCUT2D eigenvalue weighted by molar-refractivity contribution is -0.442. The molecule has 0 amide bonds. The summed E-state index contributed by atoms with van der Waals surface area (Å²) in [5.41, 5.74) is 3.89. The van der Waals surface area contributed by atoms with Crippen LogP contribution < -0.4 is 0 Å². The molecule has 0 saturated carbocycles. The van der Waals surface area contributed by atoms with Crippen LogP contribution in [0.15, 0.2) is 121 Å². The van der Waals surface area contributed by atoms with Crippen molar-refractivity contribution in [3.8, 4) is 0 Å². The lowest BCUT2D eigenvalue weighted by Crippen LogP contribution is -2.59. The summed E-state index contributed by atoms with van der Waals surface area (Å²) in [5, 5.41) is 0. The average Bonchev–Trinajstić information content (AvgIpc) is 3.02. The molecule has 2 unspecified atom stereocenters. The third-order valence-electron chi connectivity index (χ3n) is 6.69. The normalized spacial score (nSPS) is 18.4. The molecule has 1 aliphatic rings. The van der Waals surface area contributed by atoms with Crippen LogP contribution in [0.5, 0.6) is 0 Å². The summed E-state index contributed by atoms with van der Waals surface area (Å²) in [6.45, 7) is 1.15. The Hall–Kier alpha value is -3.65. The van der Waals surface area contributed by atoms with Crippen LogP contribution in [0.1, 0.15) is 28.7 Å². The molecule has 5 rings (SSSR count). The molecule has 0 aliphatic carbocycles. The van der Waals surface area contributed by atoms with Gasteiger partial charge in [0.25, 0.3) is 0 Å². The van der Waals surface area contributed by atoms with E-state index >= 15 is 0 Å². The van der Waals surface area contributed by atoms with Crippen molar-refractivity contribution in [3.05, 3.63) is 144 Å². The van der Waals surface area contributed by atoms with E-state index in [1.54, 1.807) is 0 Å². The standard InChI is InChI=1S/C34H34O6/c35-31-21-33(37-23-28-15-7-2-8-16-28)34(38-24-29-17-9-3-10-18-29,39-25-30-19-11-4-12-20-30)40-32(31)26-36-22-27-13-5-1-6-14-27/h1-20,32-33H,21-26H2. The summed E-state index contributed by atoms with van der Waals surface area (Å²) in [7, 11) is 0. The van der Waals surface area contributed by atoms with Crippen LogP contribution in [0.25, 0.3) is 0 Å². The zero-order valence-corrected chi connectivity index (χ0v) is 22.4. The Bertz CT molecular complexity index is 1250. The maximum absolute atomic E-state index is 13.3. The highest BCUT2D eigenvalue weighted by Crippen LogP contribution is 2.35. The van der Waals surface area contributed by atoms with E-state index < -0.39 is 18.2 Å². The van der Waals surface area contributed by atoms with Crippen molar-refractivity contribution in [2.24, 2.45) is 0 Å². The van der Waals surface area contributed by atoms with E-state index in [2.05, 4.69) is 0 Å². The lowest BCUT2D eigenvalue weighted by atomic mass is 10.0. The number of carbonyl (C=O) groups excluding carboxylic acids is 1. The molecule has 206 valence electrons. The van der Waals surface area contributed by atoms with Crippen molar-refractivity contribution < 1.29 is 28.5 Å². The minimum atomic E-state index is -1.63. The first-order chi connectivity index (χ1) is 19.7. The molecule has 1 heterocycles. The van der Waals surface area contributed by atoms with Gasteiger partial charge in [0.05, 0.1) is 33.0 Å². The topological polar surface area (TPSA) is 63.2 Å². The number of carbonyl (C=O) groups is 1. The van der Waals surface area contributed by atoms with Gasteiger partial charge >= 0.3 is 5.97 Å². The zero-order valence-electron chi connectivity index (χ0n) is 22.4. The number of ketones is 1. The molecular formula is C34H34O6. The molecule has 40 heavy (non-hydrogen) atoms. The smallest absolute Gasteiger partial charge is 0.312 e. The Labute approximate surface area is 235 Å². The number of rotatable bonds is 13. The molecule has 4 aromatic rings. The van der Waals surface area contributed by atoms with Crippen molar-refractivity contribution in [1.29, 1.82) is 0 Å². The second-order valence-corrected chi connectivity index (χ2v) is 9.72. The van der Waals surface area contributed by atoms with Gasteiger partial charge in [0, 0.05) is 6.42 Å². The molecule has 6 heteroatoms. The van der Waals surface area contributed by atoms with Gasteiger partial charge in [-0.3, -0.25) is 4.79 Å². The Morgan fingerprint density at radius 3 is 1.50 bits per heavy atom. The molecule has 0 spiro atoms. The van der Waals surface area contributed by atoms with E-state index in [-0.39, 0.29) is 38.6 Å². The van der Waals surface area contributed by atoms with Crippen LogP contribution in [0, 0.1) is 0 Å².